The van der Waals surface area contributed by atoms with Gasteiger partial charge in [-0.1, -0.05) is 15.9 Å². The van der Waals surface area contributed by atoms with Crippen LogP contribution in [0.2, 0.25) is 0 Å². The Labute approximate surface area is 110 Å². The molecule has 0 amide bonds. The maximum absolute atomic E-state index is 5.72. The van der Waals surface area contributed by atoms with E-state index in [-0.39, 0.29) is 0 Å². The number of hydrogen-bond donors (Lipinski definition) is 1. The Hall–Kier alpha value is -1.46. The summed E-state index contributed by atoms with van der Waals surface area (Å²) in [5.74, 6) is 0. The minimum absolute atomic E-state index is 0.655. The topological polar surface area (TPSA) is 51.8 Å². The van der Waals surface area contributed by atoms with Crippen molar-refractivity contribution in [3.63, 3.8) is 0 Å². The van der Waals surface area contributed by atoms with Gasteiger partial charge in [0, 0.05) is 22.4 Å². The highest BCUT2D eigenvalue weighted by Crippen LogP contribution is 2.31. The van der Waals surface area contributed by atoms with Gasteiger partial charge < -0.3 is 5.73 Å². The maximum atomic E-state index is 5.72. The number of aromatic nitrogens is 2. The molecule has 3 nitrogen and oxygen atoms in total. The molecule has 0 saturated heterocycles. The number of anilines is 1. The van der Waals surface area contributed by atoms with Gasteiger partial charge in [-0.25, -0.2) is 4.98 Å². The van der Waals surface area contributed by atoms with Crippen LogP contribution in [0.15, 0.2) is 41.1 Å². The summed E-state index contributed by atoms with van der Waals surface area (Å²) in [6.45, 7) is 0. The molecule has 0 atom stereocenters. The molecule has 0 bridgehead atoms. The van der Waals surface area contributed by atoms with E-state index in [0.29, 0.717) is 5.69 Å². The lowest BCUT2D eigenvalue weighted by molar-refractivity contribution is 1.32. The highest BCUT2D eigenvalue weighted by molar-refractivity contribution is 9.10. The Bertz CT molecular complexity index is 693. The minimum Gasteiger partial charge on any atom is -0.397 e. The molecule has 0 spiro atoms. The molecule has 0 aliphatic heterocycles. The van der Waals surface area contributed by atoms with Crippen molar-refractivity contribution in [3.05, 3.63) is 41.1 Å². The first-order chi connectivity index (χ1) is 8.22. The lowest BCUT2D eigenvalue weighted by Gasteiger charge is -1.95. The molecule has 3 rings (SSSR count). The summed E-state index contributed by atoms with van der Waals surface area (Å²) in [5.41, 5.74) is 8.32. The first kappa shape index (κ1) is 10.7. The molecule has 0 aliphatic carbocycles. The summed E-state index contributed by atoms with van der Waals surface area (Å²) in [6.07, 6.45) is 3.41. The zero-order valence-corrected chi connectivity index (χ0v) is 11.1. The molecule has 0 aliphatic rings. The first-order valence-corrected chi connectivity index (χ1v) is 6.60. The van der Waals surface area contributed by atoms with Crippen LogP contribution in [-0.2, 0) is 0 Å². The van der Waals surface area contributed by atoms with E-state index in [1.807, 2.05) is 18.2 Å². The second-order valence-electron chi connectivity index (χ2n) is 3.64. The quantitative estimate of drug-likeness (QED) is 0.746. The average molecular weight is 306 g/mol. The summed E-state index contributed by atoms with van der Waals surface area (Å²) in [4.78, 5) is 8.66. The van der Waals surface area contributed by atoms with E-state index < -0.39 is 0 Å². The van der Waals surface area contributed by atoms with Gasteiger partial charge in [0.1, 0.15) is 5.01 Å². The third kappa shape index (κ3) is 2.03. The molecule has 0 unspecified atom stereocenters. The standard InChI is InChI=1S/C12H8BrN3S/c13-8-1-2-11-10(4-8)16-12(17-11)7-3-9(14)6-15-5-7/h1-6H,14H2. The molecule has 2 aromatic heterocycles. The molecule has 2 N–H and O–H groups in total. The molecule has 2 heterocycles. The smallest absolute Gasteiger partial charge is 0.126 e. The average Bonchev–Trinajstić information content (AvgIpc) is 2.72. The number of thiazole rings is 1. The van der Waals surface area contributed by atoms with Crippen LogP contribution in [0, 0.1) is 0 Å². The molecule has 0 fully saturated rings. The molecule has 3 aromatic rings. The number of halogens is 1. The van der Waals surface area contributed by atoms with E-state index >= 15 is 0 Å². The predicted molar refractivity (Wildman–Crippen MR) is 75.0 cm³/mol. The molecule has 0 saturated carbocycles. The van der Waals surface area contributed by atoms with Gasteiger partial charge in [0.25, 0.3) is 0 Å². The van der Waals surface area contributed by atoms with E-state index in [4.69, 9.17) is 5.73 Å². The van der Waals surface area contributed by atoms with Gasteiger partial charge in [-0.05, 0) is 24.3 Å². The summed E-state index contributed by atoms with van der Waals surface area (Å²) in [5, 5.41) is 0.943. The molecule has 5 heteroatoms. The van der Waals surface area contributed by atoms with Crippen molar-refractivity contribution in [2.24, 2.45) is 0 Å². The molecular formula is C12H8BrN3S. The van der Waals surface area contributed by atoms with Crippen LogP contribution in [0.4, 0.5) is 5.69 Å². The Morgan fingerprint density at radius 3 is 2.88 bits per heavy atom. The number of benzene rings is 1. The van der Waals surface area contributed by atoms with Crippen LogP contribution in [0.1, 0.15) is 0 Å². The molecular weight excluding hydrogens is 298 g/mol. The first-order valence-electron chi connectivity index (χ1n) is 4.99. The number of nitrogen functional groups attached to an aromatic ring is 1. The zero-order chi connectivity index (χ0) is 11.8. The molecule has 17 heavy (non-hydrogen) atoms. The predicted octanol–water partition coefficient (Wildman–Crippen LogP) is 3.70. The third-order valence-electron chi connectivity index (χ3n) is 2.36. The second kappa shape index (κ2) is 4.09. The summed E-state index contributed by atoms with van der Waals surface area (Å²) in [6, 6.07) is 7.97. The summed E-state index contributed by atoms with van der Waals surface area (Å²) < 4.78 is 2.19. The van der Waals surface area contributed by atoms with E-state index in [9.17, 15) is 0 Å². The summed E-state index contributed by atoms with van der Waals surface area (Å²) >= 11 is 5.08. The van der Waals surface area contributed by atoms with Gasteiger partial charge in [0.2, 0.25) is 0 Å². The van der Waals surface area contributed by atoms with E-state index in [1.165, 1.54) is 0 Å². The minimum atomic E-state index is 0.655. The number of nitrogens with two attached hydrogens (primary N) is 1. The number of hydrogen-bond acceptors (Lipinski definition) is 4. The highest BCUT2D eigenvalue weighted by atomic mass is 79.9. The summed E-state index contributed by atoms with van der Waals surface area (Å²) in [7, 11) is 0. The number of pyridine rings is 1. The number of rotatable bonds is 1. The van der Waals surface area contributed by atoms with Crippen LogP contribution in [-0.4, -0.2) is 9.97 Å². The lowest BCUT2D eigenvalue weighted by atomic mass is 10.3. The highest BCUT2D eigenvalue weighted by Gasteiger charge is 2.07. The maximum Gasteiger partial charge on any atom is 0.126 e. The molecule has 0 radical (unpaired) electrons. The van der Waals surface area contributed by atoms with Crippen molar-refractivity contribution in [3.8, 4) is 10.6 Å². The normalized spacial score (nSPS) is 10.9. The fourth-order valence-electron chi connectivity index (χ4n) is 1.60. The van der Waals surface area contributed by atoms with Crippen molar-refractivity contribution in [2.45, 2.75) is 0 Å². The van der Waals surface area contributed by atoms with Gasteiger partial charge in [-0.15, -0.1) is 11.3 Å². The largest absolute Gasteiger partial charge is 0.397 e. The van der Waals surface area contributed by atoms with Crippen LogP contribution in [0.3, 0.4) is 0 Å². The lowest BCUT2D eigenvalue weighted by Crippen LogP contribution is -1.86. The Kier molecular flexibility index (Phi) is 2.57. The van der Waals surface area contributed by atoms with Gasteiger partial charge in [0.05, 0.1) is 15.9 Å². The number of nitrogens with zero attached hydrogens (tertiary/aromatic N) is 2. The third-order valence-corrected chi connectivity index (χ3v) is 3.93. The van der Waals surface area contributed by atoms with Gasteiger partial charge in [-0.2, -0.15) is 0 Å². The molecule has 1 aromatic carbocycles. The van der Waals surface area contributed by atoms with Crippen LogP contribution in [0.5, 0.6) is 0 Å². The van der Waals surface area contributed by atoms with Gasteiger partial charge in [-0.3, -0.25) is 4.98 Å². The van der Waals surface area contributed by atoms with Crippen LogP contribution >= 0.6 is 27.3 Å². The van der Waals surface area contributed by atoms with E-state index in [0.717, 1.165) is 25.3 Å². The van der Waals surface area contributed by atoms with Crippen LogP contribution < -0.4 is 5.73 Å². The van der Waals surface area contributed by atoms with Gasteiger partial charge >= 0.3 is 0 Å². The van der Waals surface area contributed by atoms with E-state index in [2.05, 4.69) is 32.0 Å². The van der Waals surface area contributed by atoms with Crippen LogP contribution in [0.25, 0.3) is 20.8 Å². The zero-order valence-electron chi connectivity index (χ0n) is 8.72. The van der Waals surface area contributed by atoms with E-state index in [1.54, 1.807) is 23.7 Å². The Balaban J connectivity index is 2.18. The number of fused-ring (bicyclic) bond motifs is 1. The van der Waals surface area contributed by atoms with Crippen molar-refractivity contribution >= 4 is 43.2 Å². The van der Waals surface area contributed by atoms with Crippen molar-refractivity contribution in [1.29, 1.82) is 0 Å². The second-order valence-corrected chi connectivity index (χ2v) is 5.58. The van der Waals surface area contributed by atoms with Crippen molar-refractivity contribution in [2.75, 3.05) is 5.73 Å². The van der Waals surface area contributed by atoms with Gasteiger partial charge in [0.15, 0.2) is 0 Å². The SMILES string of the molecule is Nc1cncc(-c2nc3cc(Br)ccc3s2)c1. The molecule has 84 valence electrons. The fraction of sp³-hybridized carbons (Fsp3) is 0. The Morgan fingerprint density at radius 1 is 1.18 bits per heavy atom. The van der Waals surface area contributed by atoms with Crippen molar-refractivity contribution in [1.82, 2.24) is 9.97 Å². The Morgan fingerprint density at radius 2 is 2.06 bits per heavy atom. The van der Waals surface area contributed by atoms with Crippen molar-refractivity contribution < 1.29 is 0 Å². The monoisotopic (exact) mass is 305 g/mol. The fourth-order valence-corrected chi connectivity index (χ4v) is 2.87.